The molecule has 2 rings (SSSR count). The van der Waals surface area contributed by atoms with Gasteiger partial charge in [0.05, 0.1) is 11.3 Å². The molecule has 0 aliphatic heterocycles. The molecule has 3 N–H and O–H groups in total. The van der Waals surface area contributed by atoms with E-state index >= 15 is 0 Å². The quantitative estimate of drug-likeness (QED) is 0.754. The van der Waals surface area contributed by atoms with E-state index in [4.69, 9.17) is 5.11 Å². The third kappa shape index (κ3) is 4.14. The maximum Gasteiger partial charge on any atom is 0.337 e. The van der Waals surface area contributed by atoms with Gasteiger partial charge in [-0.3, -0.25) is 0 Å². The van der Waals surface area contributed by atoms with Crippen molar-refractivity contribution in [3.63, 3.8) is 0 Å². The van der Waals surface area contributed by atoms with Crippen molar-refractivity contribution in [1.82, 2.24) is 5.32 Å². The first-order valence-electron chi connectivity index (χ1n) is 6.64. The number of thioether (sulfide) groups is 1. The van der Waals surface area contributed by atoms with Gasteiger partial charge in [0.1, 0.15) is 0 Å². The fraction of sp³-hybridized carbons (Fsp3) is 0.429. The lowest BCUT2D eigenvalue weighted by atomic mass is 10.2. The maximum atomic E-state index is 12.1. The van der Waals surface area contributed by atoms with Gasteiger partial charge in [0.25, 0.3) is 0 Å². The Morgan fingerprint density at radius 1 is 1.38 bits per heavy atom. The molecular weight excluding hydrogens is 356 g/mol. The van der Waals surface area contributed by atoms with Crippen LogP contribution in [0, 0.1) is 0 Å². The summed E-state index contributed by atoms with van der Waals surface area (Å²) in [6, 6.07) is 4.46. The SMILES string of the molecule is CSC1CCCC1NC(=O)Nc1cc(Br)ccc1C(=O)O. The molecule has 0 heterocycles. The topological polar surface area (TPSA) is 78.4 Å². The van der Waals surface area contributed by atoms with Crippen LogP contribution < -0.4 is 10.6 Å². The van der Waals surface area contributed by atoms with Crippen molar-refractivity contribution in [2.45, 2.75) is 30.6 Å². The van der Waals surface area contributed by atoms with E-state index in [-0.39, 0.29) is 23.3 Å². The van der Waals surface area contributed by atoms with E-state index in [0.717, 1.165) is 19.3 Å². The lowest BCUT2D eigenvalue weighted by Crippen LogP contribution is -2.41. The van der Waals surface area contributed by atoms with Crippen LogP contribution in [0.3, 0.4) is 0 Å². The van der Waals surface area contributed by atoms with Crippen molar-refractivity contribution in [3.8, 4) is 0 Å². The zero-order chi connectivity index (χ0) is 15.4. The van der Waals surface area contributed by atoms with Gasteiger partial charge < -0.3 is 15.7 Å². The number of carboxylic acids is 1. The van der Waals surface area contributed by atoms with Crippen LogP contribution >= 0.6 is 27.7 Å². The largest absolute Gasteiger partial charge is 0.478 e. The van der Waals surface area contributed by atoms with Crippen LogP contribution in [0.15, 0.2) is 22.7 Å². The summed E-state index contributed by atoms with van der Waals surface area (Å²) in [4.78, 5) is 23.2. The molecule has 0 bridgehead atoms. The van der Waals surface area contributed by atoms with Crippen LogP contribution in [0.1, 0.15) is 29.6 Å². The Morgan fingerprint density at radius 3 is 2.81 bits per heavy atom. The van der Waals surface area contributed by atoms with E-state index in [1.165, 1.54) is 6.07 Å². The molecule has 0 aromatic heterocycles. The molecule has 0 radical (unpaired) electrons. The Balaban J connectivity index is 2.06. The van der Waals surface area contributed by atoms with Gasteiger partial charge in [-0.2, -0.15) is 11.8 Å². The molecule has 2 amide bonds. The van der Waals surface area contributed by atoms with Crippen LogP contribution in [0.4, 0.5) is 10.5 Å². The predicted octanol–water partition coefficient (Wildman–Crippen LogP) is 3.55. The normalized spacial score (nSPS) is 21.0. The van der Waals surface area contributed by atoms with Gasteiger partial charge in [0.15, 0.2) is 0 Å². The molecule has 5 nitrogen and oxygen atoms in total. The van der Waals surface area contributed by atoms with Gasteiger partial charge in [0, 0.05) is 15.8 Å². The number of urea groups is 1. The number of nitrogens with one attached hydrogen (secondary N) is 2. The highest BCUT2D eigenvalue weighted by molar-refractivity contribution is 9.10. The number of anilines is 1. The number of amides is 2. The van der Waals surface area contributed by atoms with Crippen LogP contribution in [-0.4, -0.2) is 34.7 Å². The number of carboxylic acid groups (broad SMARTS) is 1. The zero-order valence-corrected chi connectivity index (χ0v) is 14.0. The van der Waals surface area contributed by atoms with Gasteiger partial charge in [0.2, 0.25) is 0 Å². The number of rotatable bonds is 4. The van der Waals surface area contributed by atoms with Crippen LogP contribution in [0.2, 0.25) is 0 Å². The number of carbonyl (C=O) groups excluding carboxylic acids is 1. The lowest BCUT2D eigenvalue weighted by Gasteiger charge is -2.20. The maximum absolute atomic E-state index is 12.1. The van der Waals surface area contributed by atoms with Gasteiger partial charge in [-0.15, -0.1) is 0 Å². The van der Waals surface area contributed by atoms with Crippen molar-refractivity contribution in [2.24, 2.45) is 0 Å². The average molecular weight is 373 g/mol. The smallest absolute Gasteiger partial charge is 0.337 e. The molecule has 0 saturated heterocycles. The molecule has 114 valence electrons. The van der Waals surface area contributed by atoms with Crippen LogP contribution in [0.25, 0.3) is 0 Å². The standard InChI is InChI=1S/C14H17BrN2O3S/c1-21-12-4-2-3-10(12)16-14(20)17-11-7-8(15)5-6-9(11)13(18)19/h5-7,10,12H,2-4H2,1H3,(H,18,19)(H2,16,17,20). The highest BCUT2D eigenvalue weighted by Crippen LogP contribution is 2.28. The number of hydrogen-bond donors (Lipinski definition) is 3. The van der Waals surface area contributed by atoms with Crippen LogP contribution in [-0.2, 0) is 0 Å². The molecule has 1 aromatic rings. The minimum atomic E-state index is -1.07. The highest BCUT2D eigenvalue weighted by Gasteiger charge is 2.28. The number of benzene rings is 1. The molecule has 21 heavy (non-hydrogen) atoms. The van der Waals surface area contributed by atoms with Gasteiger partial charge in [-0.25, -0.2) is 9.59 Å². The number of aromatic carboxylic acids is 1. The first-order chi connectivity index (χ1) is 10.0. The summed E-state index contributed by atoms with van der Waals surface area (Å²) in [7, 11) is 0. The Morgan fingerprint density at radius 2 is 2.14 bits per heavy atom. The minimum Gasteiger partial charge on any atom is -0.478 e. The van der Waals surface area contributed by atoms with Crippen molar-refractivity contribution in [1.29, 1.82) is 0 Å². The van der Waals surface area contributed by atoms with Crippen molar-refractivity contribution >= 4 is 45.4 Å². The second kappa shape index (κ2) is 7.17. The van der Waals surface area contributed by atoms with E-state index < -0.39 is 5.97 Å². The van der Waals surface area contributed by atoms with Gasteiger partial charge in [-0.05, 0) is 37.3 Å². The molecular formula is C14H17BrN2O3S. The Bertz CT molecular complexity index is 553. The molecule has 2 atom stereocenters. The van der Waals surface area contributed by atoms with E-state index in [1.807, 2.05) is 6.26 Å². The predicted molar refractivity (Wildman–Crippen MR) is 88.2 cm³/mol. The Labute approximate surface area is 136 Å². The molecule has 1 aliphatic carbocycles. The van der Waals surface area contributed by atoms with E-state index in [2.05, 4.69) is 26.6 Å². The number of halogens is 1. The second-order valence-electron chi connectivity index (χ2n) is 4.91. The summed E-state index contributed by atoms with van der Waals surface area (Å²) < 4.78 is 0.714. The minimum absolute atomic E-state index is 0.0705. The summed E-state index contributed by atoms with van der Waals surface area (Å²) in [6.45, 7) is 0. The first kappa shape index (κ1) is 16.2. The fourth-order valence-electron chi connectivity index (χ4n) is 2.51. The summed E-state index contributed by atoms with van der Waals surface area (Å²) in [6.07, 6.45) is 5.21. The molecule has 1 aliphatic rings. The number of carbonyl (C=O) groups is 2. The van der Waals surface area contributed by atoms with Crippen LogP contribution in [0.5, 0.6) is 0 Å². The molecule has 0 spiro atoms. The monoisotopic (exact) mass is 372 g/mol. The van der Waals surface area contributed by atoms with Crippen molar-refractivity contribution < 1.29 is 14.7 Å². The molecule has 7 heteroatoms. The van der Waals surface area contributed by atoms with E-state index in [9.17, 15) is 9.59 Å². The first-order valence-corrected chi connectivity index (χ1v) is 8.72. The van der Waals surface area contributed by atoms with Crippen molar-refractivity contribution in [3.05, 3.63) is 28.2 Å². The third-order valence-corrected chi connectivity index (χ3v) is 5.20. The second-order valence-corrected chi connectivity index (χ2v) is 6.90. The summed E-state index contributed by atoms with van der Waals surface area (Å²) >= 11 is 5.03. The van der Waals surface area contributed by atoms with Gasteiger partial charge >= 0.3 is 12.0 Å². The van der Waals surface area contributed by atoms with E-state index in [0.29, 0.717) is 9.72 Å². The highest BCUT2D eigenvalue weighted by atomic mass is 79.9. The molecule has 1 aromatic carbocycles. The molecule has 2 unspecified atom stereocenters. The average Bonchev–Trinajstić information content (AvgIpc) is 2.85. The van der Waals surface area contributed by atoms with E-state index in [1.54, 1.807) is 23.9 Å². The fourth-order valence-corrected chi connectivity index (χ4v) is 3.80. The van der Waals surface area contributed by atoms with Gasteiger partial charge in [-0.1, -0.05) is 22.4 Å². The molecule has 1 fully saturated rings. The zero-order valence-electron chi connectivity index (χ0n) is 11.6. The molecule has 1 saturated carbocycles. The summed E-state index contributed by atoms with van der Waals surface area (Å²) in [5, 5.41) is 15.1. The Kier molecular flexibility index (Phi) is 5.52. The summed E-state index contributed by atoms with van der Waals surface area (Å²) in [5.74, 6) is -1.07. The lowest BCUT2D eigenvalue weighted by molar-refractivity contribution is 0.0698. The Hall–Kier alpha value is -1.21. The summed E-state index contributed by atoms with van der Waals surface area (Å²) in [5.41, 5.74) is 0.356. The third-order valence-electron chi connectivity index (χ3n) is 3.53. The number of hydrogen-bond acceptors (Lipinski definition) is 3. The van der Waals surface area contributed by atoms with Crippen molar-refractivity contribution in [2.75, 3.05) is 11.6 Å².